The van der Waals surface area contributed by atoms with E-state index in [2.05, 4.69) is 12.0 Å². The fourth-order valence-electron chi connectivity index (χ4n) is 1.02. The van der Waals surface area contributed by atoms with Gasteiger partial charge in [-0.1, -0.05) is 6.92 Å². The predicted molar refractivity (Wildman–Crippen MR) is 47.6 cm³/mol. The van der Waals surface area contributed by atoms with Gasteiger partial charge >= 0.3 is 0 Å². The first kappa shape index (κ1) is 8.71. The molecule has 0 aliphatic carbocycles. The number of hydrogen-bond acceptors (Lipinski definition) is 2. The first-order valence-corrected chi connectivity index (χ1v) is 4.02. The van der Waals surface area contributed by atoms with Crippen LogP contribution in [-0.4, -0.2) is 16.1 Å². The molecule has 64 valence electrons. The van der Waals surface area contributed by atoms with Gasteiger partial charge in [-0.05, 0) is 24.6 Å². The number of aryl methyl sites for hydroxylation is 1. The standard InChI is InChI=1S/C9H12N2O/c1-2-7-11-9(4-3-8-12)5-6-10-11/h3-6,8H,2,7H2,1H3/b4-3+. The zero-order valence-electron chi connectivity index (χ0n) is 7.10. The van der Waals surface area contributed by atoms with Crippen molar-refractivity contribution in [1.82, 2.24) is 9.78 Å². The molecule has 0 bridgehead atoms. The van der Waals surface area contributed by atoms with Crippen molar-refractivity contribution in [3.05, 3.63) is 24.0 Å². The second-order valence-electron chi connectivity index (χ2n) is 2.47. The highest BCUT2D eigenvalue weighted by Gasteiger charge is 1.95. The normalized spacial score (nSPS) is 10.8. The maximum atomic E-state index is 10.1. The highest BCUT2D eigenvalue weighted by molar-refractivity contribution is 5.72. The number of carbonyl (C=O) groups excluding carboxylic acids is 1. The molecule has 0 saturated carbocycles. The number of allylic oxidation sites excluding steroid dienone is 1. The lowest BCUT2D eigenvalue weighted by Gasteiger charge is -1.99. The van der Waals surface area contributed by atoms with Crippen LogP contribution in [-0.2, 0) is 11.3 Å². The molecule has 3 nitrogen and oxygen atoms in total. The Bertz CT molecular complexity index is 276. The van der Waals surface area contributed by atoms with Crippen LogP contribution < -0.4 is 0 Å². The summed E-state index contributed by atoms with van der Waals surface area (Å²) in [7, 11) is 0. The first-order chi connectivity index (χ1) is 5.88. The molecule has 0 spiro atoms. The molecule has 0 amide bonds. The van der Waals surface area contributed by atoms with Crippen LogP contribution in [0.1, 0.15) is 19.0 Å². The van der Waals surface area contributed by atoms with Crippen molar-refractivity contribution in [3.63, 3.8) is 0 Å². The highest BCUT2D eigenvalue weighted by Crippen LogP contribution is 2.01. The van der Waals surface area contributed by atoms with Gasteiger partial charge in [0.2, 0.25) is 0 Å². The van der Waals surface area contributed by atoms with Crippen LogP contribution in [0.2, 0.25) is 0 Å². The van der Waals surface area contributed by atoms with E-state index in [9.17, 15) is 4.79 Å². The van der Waals surface area contributed by atoms with Gasteiger partial charge in [0.05, 0.1) is 5.69 Å². The summed E-state index contributed by atoms with van der Waals surface area (Å²) in [4.78, 5) is 10.1. The smallest absolute Gasteiger partial charge is 0.142 e. The monoisotopic (exact) mass is 164 g/mol. The summed E-state index contributed by atoms with van der Waals surface area (Å²) in [5.74, 6) is 0. The second-order valence-corrected chi connectivity index (χ2v) is 2.47. The van der Waals surface area contributed by atoms with Crippen LogP contribution in [0.5, 0.6) is 0 Å². The highest BCUT2D eigenvalue weighted by atomic mass is 16.1. The Morgan fingerprint density at radius 3 is 3.17 bits per heavy atom. The van der Waals surface area contributed by atoms with E-state index in [1.165, 1.54) is 6.08 Å². The topological polar surface area (TPSA) is 34.9 Å². The molecule has 0 unspecified atom stereocenters. The third kappa shape index (κ3) is 2.05. The molecule has 12 heavy (non-hydrogen) atoms. The van der Waals surface area contributed by atoms with Crippen LogP contribution in [0, 0.1) is 0 Å². The summed E-state index contributed by atoms with van der Waals surface area (Å²) in [5.41, 5.74) is 0.976. The van der Waals surface area contributed by atoms with Crippen LogP contribution in [0.3, 0.4) is 0 Å². The zero-order chi connectivity index (χ0) is 8.81. The van der Waals surface area contributed by atoms with E-state index in [0.717, 1.165) is 24.9 Å². The lowest BCUT2D eigenvalue weighted by atomic mass is 10.3. The van der Waals surface area contributed by atoms with Gasteiger partial charge in [0.15, 0.2) is 0 Å². The SMILES string of the molecule is CCCn1nccc1/C=C/C=O. The lowest BCUT2D eigenvalue weighted by Crippen LogP contribution is -2.00. The molecular formula is C9H12N2O. The van der Waals surface area contributed by atoms with Crippen LogP contribution in [0.15, 0.2) is 18.3 Å². The molecule has 0 radical (unpaired) electrons. The first-order valence-electron chi connectivity index (χ1n) is 4.02. The Balaban J connectivity index is 2.76. The summed E-state index contributed by atoms with van der Waals surface area (Å²) in [6.07, 6.45) is 6.78. The Morgan fingerprint density at radius 1 is 1.67 bits per heavy atom. The van der Waals surface area contributed by atoms with Gasteiger partial charge in [-0.25, -0.2) is 0 Å². The van der Waals surface area contributed by atoms with E-state index in [4.69, 9.17) is 0 Å². The van der Waals surface area contributed by atoms with E-state index in [1.807, 2.05) is 10.7 Å². The molecule has 0 aliphatic rings. The van der Waals surface area contributed by atoms with Gasteiger partial charge in [0, 0.05) is 12.7 Å². The van der Waals surface area contributed by atoms with Crippen molar-refractivity contribution < 1.29 is 4.79 Å². The minimum absolute atomic E-state index is 0.767. The van der Waals surface area contributed by atoms with E-state index in [1.54, 1.807) is 12.3 Å². The third-order valence-electron chi connectivity index (χ3n) is 1.53. The van der Waals surface area contributed by atoms with E-state index < -0.39 is 0 Å². The number of hydrogen-bond donors (Lipinski definition) is 0. The quantitative estimate of drug-likeness (QED) is 0.499. The Kier molecular flexibility index (Phi) is 3.26. The summed E-state index contributed by atoms with van der Waals surface area (Å²) < 4.78 is 1.88. The molecular weight excluding hydrogens is 152 g/mol. The number of nitrogens with zero attached hydrogens (tertiary/aromatic N) is 2. The summed E-state index contributed by atoms with van der Waals surface area (Å²) >= 11 is 0. The predicted octanol–water partition coefficient (Wildman–Crippen LogP) is 1.51. The molecule has 0 saturated heterocycles. The number of rotatable bonds is 4. The lowest BCUT2D eigenvalue weighted by molar-refractivity contribution is -0.104. The minimum Gasteiger partial charge on any atom is -0.299 e. The fourth-order valence-corrected chi connectivity index (χ4v) is 1.02. The van der Waals surface area contributed by atoms with Gasteiger partial charge < -0.3 is 0 Å². The molecule has 0 aliphatic heterocycles. The summed E-state index contributed by atoms with van der Waals surface area (Å²) in [5, 5.41) is 4.11. The average Bonchev–Trinajstić information content (AvgIpc) is 2.50. The number of carbonyl (C=O) groups is 1. The molecule has 1 rings (SSSR count). The molecule has 0 aromatic carbocycles. The van der Waals surface area contributed by atoms with Crippen molar-refractivity contribution in [2.45, 2.75) is 19.9 Å². The van der Waals surface area contributed by atoms with Gasteiger partial charge in [0.25, 0.3) is 0 Å². The summed E-state index contributed by atoms with van der Waals surface area (Å²) in [6.45, 7) is 2.99. The van der Waals surface area contributed by atoms with Crippen molar-refractivity contribution in [1.29, 1.82) is 0 Å². The summed E-state index contributed by atoms with van der Waals surface area (Å²) in [6, 6.07) is 1.88. The average molecular weight is 164 g/mol. The van der Waals surface area contributed by atoms with Crippen molar-refractivity contribution in [3.8, 4) is 0 Å². The van der Waals surface area contributed by atoms with Crippen molar-refractivity contribution in [2.75, 3.05) is 0 Å². The molecule has 0 atom stereocenters. The second kappa shape index (κ2) is 4.49. The van der Waals surface area contributed by atoms with Gasteiger partial charge in [0.1, 0.15) is 6.29 Å². The number of aromatic nitrogens is 2. The molecule has 1 aromatic rings. The van der Waals surface area contributed by atoms with Crippen LogP contribution in [0.25, 0.3) is 6.08 Å². The van der Waals surface area contributed by atoms with Crippen LogP contribution >= 0.6 is 0 Å². The van der Waals surface area contributed by atoms with E-state index >= 15 is 0 Å². The molecule has 0 N–H and O–H groups in total. The maximum Gasteiger partial charge on any atom is 0.142 e. The molecule has 1 heterocycles. The minimum atomic E-state index is 0.767. The van der Waals surface area contributed by atoms with E-state index in [0.29, 0.717) is 0 Å². The van der Waals surface area contributed by atoms with Gasteiger partial charge in [-0.2, -0.15) is 5.10 Å². The van der Waals surface area contributed by atoms with Crippen molar-refractivity contribution >= 4 is 12.4 Å². The Hall–Kier alpha value is -1.38. The largest absolute Gasteiger partial charge is 0.299 e. The zero-order valence-corrected chi connectivity index (χ0v) is 7.10. The molecule has 1 aromatic heterocycles. The molecule has 3 heteroatoms. The third-order valence-corrected chi connectivity index (χ3v) is 1.53. The maximum absolute atomic E-state index is 10.1. The fraction of sp³-hybridized carbons (Fsp3) is 0.333. The van der Waals surface area contributed by atoms with Gasteiger partial charge in [-0.15, -0.1) is 0 Å². The van der Waals surface area contributed by atoms with Crippen molar-refractivity contribution in [2.24, 2.45) is 0 Å². The van der Waals surface area contributed by atoms with Gasteiger partial charge in [-0.3, -0.25) is 9.48 Å². The van der Waals surface area contributed by atoms with E-state index in [-0.39, 0.29) is 0 Å². The molecule has 0 fully saturated rings. The van der Waals surface area contributed by atoms with Crippen LogP contribution in [0.4, 0.5) is 0 Å². The Morgan fingerprint density at radius 2 is 2.50 bits per heavy atom. The number of aldehydes is 1. The Labute approximate surface area is 71.7 Å².